The molecule has 0 radical (unpaired) electrons. The molecule has 0 saturated heterocycles. The average Bonchev–Trinajstić information content (AvgIpc) is 2.16. The van der Waals surface area contributed by atoms with Crippen LogP contribution in [0.1, 0.15) is 26.7 Å². The molecule has 0 aromatic rings. The highest BCUT2D eigenvalue weighted by atomic mass is 16.5. The SMILES string of the molecule is C#CCCC(=O)OC.CCOCC. The zero-order valence-electron chi connectivity index (χ0n) is 8.63. The van der Waals surface area contributed by atoms with Crippen molar-refractivity contribution < 1.29 is 14.3 Å². The lowest BCUT2D eigenvalue weighted by atomic mass is 10.3. The first kappa shape index (κ1) is 14.5. The lowest BCUT2D eigenvalue weighted by Crippen LogP contribution is -1.97. The highest BCUT2D eigenvalue weighted by Gasteiger charge is 1.94. The molecule has 13 heavy (non-hydrogen) atoms. The summed E-state index contributed by atoms with van der Waals surface area (Å²) in [7, 11) is 1.35. The molecule has 0 atom stereocenters. The summed E-state index contributed by atoms with van der Waals surface area (Å²) in [5.41, 5.74) is 0. The van der Waals surface area contributed by atoms with Crippen molar-refractivity contribution >= 4 is 5.97 Å². The Labute approximate surface area is 80.4 Å². The molecule has 0 N–H and O–H groups in total. The number of methoxy groups -OCH3 is 1. The predicted octanol–water partition coefficient (Wildman–Crippen LogP) is 1.62. The molecule has 0 amide bonds. The molecular formula is C10H18O3. The van der Waals surface area contributed by atoms with Gasteiger partial charge in [0.05, 0.1) is 13.5 Å². The van der Waals surface area contributed by atoms with Gasteiger partial charge in [-0.2, -0.15) is 0 Å². The van der Waals surface area contributed by atoms with Crippen molar-refractivity contribution in [1.29, 1.82) is 0 Å². The first-order valence-corrected chi connectivity index (χ1v) is 4.30. The van der Waals surface area contributed by atoms with E-state index >= 15 is 0 Å². The number of terminal acetylenes is 1. The summed E-state index contributed by atoms with van der Waals surface area (Å²) < 4.78 is 9.15. The largest absolute Gasteiger partial charge is 0.469 e. The first-order chi connectivity index (χ1) is 6.22. The number of ether oxygens (including phenoxy) is 2. The third-order valence-electron chi connectivity index (χ3n) is 1.11. The summed E-state index contributed by atoms with van der Waals surface area (Å²) in [6.07, 6.45) is 5.67. The summed E-state index contributed by atoms with van der Waals surface area (Å²) in [5.74, 6) is 2.08. The Morgan fingerprint density at radius 2 is 1.92 bits per heavy atom. The smallest absolute Gasteiger partial charge is 0.306 e. The molecule has 3 nitrogen and oxygen atoms in total. The van der Waals surface area contributed by atoms with Gasteiger partial charge in [0, 0.05) is 19.6 Å². The van der Waals surface area contributed by atoms with Crippen molar-refractivity contribution in [2.24, 2.45) is 0 Å². The van der Waals surface area contributed by atoms with E-state index in [9.17, 15) is 4.79 Å². The number of rotatable bonds is 4. The summed E-state index contributed by atoms with van der Waals surface area (Å²) >= 11 is 0. The second-order valence-electron chi connectivity index (χ2n) is 2.06. The summed E-state index contributed by atoms with van der Waals surface area (Å²) in [5, 5.41) is 0. The molecule has 0 aliphatic carbocycles. The fourth-order valence-corrected chi connectivity index (χ4v) is 0.480. The maximum Gasteiger partial charge on any atom is 0.306 e. The number of hydrogen-bond donors (Lipinski definition) is 0. The minimum absolute atomic E-state index is 0.247. The third kappa shape index (κ3) is 18.2. The van der Waals surface area contributed by atoms with E-state index in [-0.39, 0.29) is 5.97 Å². The van der Waals surface area contributed by atoms with Gasteiger partial charge in [0.25, 0.3) is 0 Å². The minimum atomic E-state index is -0.247. The van der Waals surface area contributed by atoms with E-state index in [0.29, 0.717) is 12.8 Å². The van der Waals surface area contributed by atoms with Crippen LogP contribution in [0.3, 0.4) is 0 Å². The van der Waals surface area contributed by atoms with Crippen LogP contribution in [-0.2, 0) is 14.3 Å². The summed E-state index contributed by atoms with van der Waals surface area (Å²) in [6.45, 7) is 5.67. The van der Waals surface area contributed by atoms with Gasteiger partial charge in [-0.25, -0.2) is 0 Å². The van der Waals surface area contributed by atoms with E-state index in [1.807, 2.05) is 13.8 Å². The van der Waals surface area contributed by atoms with Crippen LogP contribution in [0.15, 0.2) is 0 Å². The van der Waals surface area contributed by atoms with Gasteiger partial charge in [-0.15, -0.1) is 12.3 Å². The van der Waals surface area contributed by atoms with Gasteiger partial charge in [0.15, 0.2) is 0 Å². The van der Waals surface area contributed by atoms with E-state index in [2.05, 4.69) is 10.7 Å². The highest BCUT2D eigenvalue weighted by molar-refractivity contribution is 5.69. The molecule has 0 heterocycles. The van der Waals surface area contributed by atoms with Gasteiger partial charge in [-0.3, -0.25) is 4.79 Å². The first-order valence-electron chi connectivity index (χ1n) is 4.30. The van der Waals surface area contributed by atoms with Crippen LogP contribution in [0, 0.1) is 12.3 Å². The van der Waals surface area contributed by atoms with Gasteiger partial charge >= 0.3 is 5.97 Å². The van der Waals surface area contributed by atoms with Crippen LogP contribution in [-0.4, -0.2) is 26.3 Å². The lowest BCUT2D eigenvalue weighted by molar-refractivity contribution is -0.140. The van der Waals surface area contributed by atoms with E-state index in [1.54, 1.807) is 0 Å². The van der Waals surface area contributed by atoms with E-state index in [1.165, 1.54) is 7.11 Å². The van der Waals surface area contributed by atoms with Crippen molar-refractivity contribution in [2.45, 2.75) is 26.7 Å². The van der Waals surface area contributed by atoms with Gasteiger partial charge in [-0.05, 0) is 13.8 Å². The molecular weight excluding hydrogens is 168 g/mol. The maximum absolute atomic E-state index is 10.3. The Kier molecular flexibility index (Phi) is 15.1. The van der Waals surface area contributed by atoms with Crippen molar-refractivity contribution in [3.63, 3.8) is 0 Å². The third-order valence-corrected chi connectivity index (χ3v) is 1.11. The Morgan fingerprint density at radius 1 is 1.38 bits per heavy atom. The number of carbonyl (C=O) groups is 1. The standard InChI is InChI=1S/C6H8O2.C4H10O/c1-3-4-5-6(7)8-2;1-3-5-4-2/h1H,4-5H2,2H3;3-4H2,1-2H3. The zero-order chi connectivity index (χ0) is 10.5. The quantitative estimate of drug-likeness (QED) is 0.494. The monoisotopic (exact) mass is 186 g/mol. The Hall–Kier alpha value is -1.01. The Morgan fingerprint density at radius 3 is 2.15 bits per heavy atom. The van der Waals surface area contributed by atoms with E-state index in [4.69, 9.17) is 11.2 Å². The average molecular weight is 186 g/mol. The molecule has 0 aliphatic rings. The fourth-order valence-electron chi connectivity index (χ4n) is 0.480. The topological polar surface area (TPSA) is 35.5 Å². The molecule has 0 bridgehead atoms. The van der Waals surface area contributed by atoms with Gasteiger partial charge in [0.1, 0.15) is 0 Å². The molecule has 76 valence electrons. The van der Waals surface area contributed by atoms with Gasteiger partial charge in [-0.1, -0.05) is 0 Å². The van der Waals surface area contributed by atoms with E-state index in [0.717, 1.165) is 13.2 Å². The predicted molar refractivity (Wildman–Crippen MR) is 52.3 cm³/mol. The number of carbonyl (C=O) groups excluding carboxylic acids is 1. The Balaban J connectivity index is 0. The molecule has 0 rings (SSSR count). The van der Waals surface area contributed by atoms with Crippen molar-refractivity contribution in [2.75, 3.05) is 20.3 Å². The number of esters is 1. The highest BCUT2D eigenvalue weighted by Crippen LogP contribution is 1.87. The molecule has 0 fully saturated rings. The molecule has 3 heteroatoms. The molecule has 0 saturated carbocycles. The summed E-state index contributed by atoms with van der Waals surface area (Å²) in [6, 6.07) is 0. The van der Waals surface area contributed by atoms with Gasteiger partial charge in [0.2, 0.25) is 0 Å². The van der Waals surface area contributed by atoms with Crippen molar-refractivity contribution in [3.8, 4) is 12.3 Å². The fraction of sp³-hybridized carbons (Fsp3) is 0.700. The van der Waals surface area contributed by atoms with Gasteiger partial charge < -0.3 is 9.47 Å². The Bertz CT molecular complexity index is 145. The molecule has 0 aromatic carbocycles. The normalized spacial score (nSPS) is 7.85. The summed E-state index contributed by atoms with van der Waals surface area (Å²) in [4.78, 5) is 10.3. The van der Waals surface area contributed by atoms with Crippen molar-refractivity contribution in [3.05, 3.63) is 0 Å². The maximum atomic E-state index is 10.3. The molecule has 0 unspecified atom stereocenters. The van der Waals surface area contributed by atoms with Crippen LogP contribution in [0.2, 0.25) is 0 Å². The van der Waals surface area contributed by atoms with E-state index < -0.39 is 0 Å². The van der Waals surface area contributed by atoms with Crippen LogP contribution < -0.4 is 0 Å². The number of hydrogen-bond acceptors (Lipinski definition) is 3. The van der Waals surface area contributed by atoms with Crippen LogP contribution in [0.4, 0.5) is 0 Å². The second-order valence-corrected chi connectivity index (χ2v) is 2.06. The molecule has 0 aromatic heterocycles. The lowest BCUT2D eigenvalue weighted by Gasteiger charge is -1.90. The zero-order valence-corrected chi connectivity index (χ0v) is 8.63. The van der Waals surface area contributed by atoms with Crippen LogP contribution >= 0.6 is 0 Å². The minimum Gasteiger partial charge on any atom is -0.469 e. The van der Waals surface area contributed by atoms with Crippen LogP contribution in [0.25, 0.3) is 0 Å². The molecule has 0 aliphatic heterocycles. The van der Waals surface area contributed by atoms with Crippen LogP contribution in [0.5, 0.6) is 0 Å². The van der Waals surface area contributed by atoms with Crippen molar-refractivity contribution in [1.82, 2.24) is 0 Å². The molecule has 0 spiro atoms. The second kappa shape index (κ2) is 13.6.